The number of hydrogen-bond acceptors (Lipinski definition) is 5. The number of hydrogen-bond donors (Lipinski definition) is 4. The molecule has 2 aliphatic carbocycles. The lowest BCUT2D eigenvalue weighted by Crippen LogP contribution is -2.41. The van der Waals surface area contributed by atoms with Crippen LogP contribution in [0, 0.1) is 23.1 Å². The van der Waals surface area contributed by atoms with Crippen LogP contribution in [0.1, 0.15) is 44.9 Å². The van der Waals surface area contributed by atoms with Crippen LogP contribution in [-0.4, -0.2) is 61.8 Å². The van der Waals surface area contributed by atoms with Crippen LogP contribution in [0.3, 0.4) is 0 Å². The topological polar surface area (TPSA) is 96.9 Å². The van der Waals surface area contributed by atoms with E-state index in [9.17, 15) is 9.59 Å². The molecule has 1 aliphatic heterocycles. The van der Waals surface area contributed by atoms with Crippen LogP contribution in [0.5, 0.6) is 0 Å². The summed E-state index contributed by atoms with van der Waals surface area (Å²) in [6.07, 6.45) is 6.06. The SMILES string of the molecule is CN(C)C1CN(c2cc(Cl)cc(NNC(=O)[C@@H](CNC(=O)O)CC3CCCC3)c2F)CC12CC2. The molecule has 10 heteroatoms. The number of benzene rings is 1. The first-order valence-corrected chi connectivity index (χ1v) is 12.5. The summed E-state index contributed by atoms with van der Waals surface area (Å²) in [6, 6.07) is 3.45. The molecule has 34 heavy (non-hydrogen) atoms. The Bertz CT molecular complexity index is 920. The van der Waals surface area contributed by atoms with E-state index in [2.05, 4.69) is 35.2 Å². The first-order valence-electron chi connectivity index (χ1n) is 12.1. The Morgan fingerprint density at radius 1 is 1.29 bits per heavy atom. The minimum atomic E-state index is -1.17. The Morgan fingerprint density at radius 2 is 2.00 bits per heavy atom. The van der Waals surface area contributed by atoms with Crippen LogP contribution in [0.4, 0.5) is 20.6 Å². The fourth-order valence-corrected chi connectivity index (χ4v) is 5.98. The molecular weight excluding hydrogens is 461 g/mol. The lowest BCUT2D eigenvalue weighted by molar-refractivity contribution is -0.124. The van der Waals surface area contributed by atoms with E-state index in [1.165, 1.54) is 6.07 Å². The van der Waals surface area contributed by atoms with Crippen LogP contribution in [0.2, 0.25) is 5.02 Å². The Balaban J connectivity index is 1.44. The molecule has 1 saturated heterocycles. The first-order chi connectivity index (χ1) is 16.2. The number of halogens is 2. The normalized spacial score (nSPS) is 22.3. The quantitative estimate of drug-likeness (QED) is 0.388. The van der Waals surface area contributed by atoms with Crippen molar-refractivity contribution in [2.45, 2.75) is 51.0 Å². The molecule has 0 radical (unpaired) electrons. The lowest BCUT2D eigenvalue weighted by atomic mass is 9.92. The second-order valence-corrected chi connectivity index (χ2v) is 10.8. The Labute approximate surface area is 205 Å². The summed E-state index contributed by atoms with van der Waals surface area (Å²) in [4.78, 5) is 28.1. The molecule has 1 spiro atoms. The van der Waals surface area contributed by atoms with Crippen LogP contribution in [-0.2, 0) is 4.79 Å². The Kier molecular flexibility index (Phi) is 7.42. The average molecular weight is 496 g/mol. The number of nitrogens with zero attached hydrogens (tertiary/aromatic N) is 2. The number of carbonyl (C=O) groups excluding carboxylic acids is 1. The highest BCUT2D eigenvalue weighted by molar-refractivity contribution is 6.31. The van der Waals surface area contributed by atoms with Crippen molar-refractivity contribution in [2.75, 3.05) is 44.1 Å². The second-order valence-electron chi connectivity index (χ2n) is 10.4. The molecule has 2 saturated carbocycles. The predicted octanol–water partition coefficient (Wildman–Crippen LogP) is 3.92. The standard InChI is InChI=1S/C24H35ClFN5O3/c1-30(2)20-13-31(14-24(20)7-8-24)19-11-17(25)10-18(21(19)26)28-29-22(32)16(12-27-23(33)34)9-15-5-3-4-6-15/h10-11,15-16,20,27-28H,3-9,12-14H2,1-2H3,(H,29,32)(H,33,34)/t16-,20?/m1/s1. The maximum Gasteiger partial charge on any atom is 0.404 e. The highest BCUT2D eigenvalue weighted by Crippen LogP contribution is 2.55. The summed E-state index contributed by atoms with van der Waals surface area (Å²) >= 11 is 6.33. The fraction of sp³-hybridized carbons (Fsp3) is 0.667. The summed E-state index contributed by atoms with van der Waals surface area (Å²) < 4.78 is 15.5. The molecule has 8 nitrogen and oxygen atoms in total. The number of hydrazine groups is 1. The summed E-state index contributed by atoms with van der Waals surface area (Å²) in [5.41, 5.74) is 6.04. The molecule has 4 N–H and O–H groups in total. The van der Waals surface area contributed by atoms with Crippen molar-refractivity contribution < 1.29 is 19.1 Å². The van der Waals surface area contributed by atoms with E-state index in [4.69, 9.17) is 16.7 Å². The minimum absolute atomic E-state index is 0.0183. The third-order valence-corrected chi connectivity index (χ3v) is 7.98. The molecule has 1 aromatic carbocycles. The van der Waals surface area contributed by atoms with E-state index < -0.39 is 17.8 Å². The molecule has 188 valence electrons. The van der Waals surface area contributed by atoms with Crippen molar-refractivity contribution in [3.63, 3.8) is 0 Å². The van der Waals surface area contributed by atoms with Crippen molar-refractivity contribution >= 4 is 35.0 Å². The molecule has 0 bridgehead atoms. The Hall–Kier alpha value is -2.26. The molecule has 0 aromatic heterocycles. The van der Waals surface area contributed by atoms with Crippen molar-refractivity contribution in [3.05, 3.63) is 23.0 Å². The van der Waals surface area contributed by atoms with E-state index in [-0.39, 0.29) is 23.6 Å². The molecule has 1 aromatic rings. The summed E-state index contributed by atoms with van der Waals surface area (Å²) in [7, 11) is 4.12. The summed E-state index contributed by atoms with van der Waals surface area (Å²) in [6.45, 7) is 1.52. The molecule has 1 heterocycles. The number of carboxylic acid groups (broad SMARTS) is 1. The number of anilines is 2. The number of amides is 2. The molecule has 2 amide bonds. The third-order valence-electron chi connectivity index (χ3n) is 7.76. The second kappa shape index (κ2) is 10.2. The van der Waals surface area contributed by atoms with Crippen molar-refractivity contribution in [1.82, 2.24) is 15.6 Å². The van der Waals surface area contributed by atoms with E-state index in [1.54, 1.807) is 6.07 Å². The number of nitrogens with one attached hydrogen (secondary N) is 3. The van der Waals surface area contributed by atoms with Gasteiger partial charge in [0.25, 0.3) is 0 Å². The van der Waals surface area contributed by atoms with Gasteiger partial charge in [0, 0.05) is 36.1 Å². The first kappa shape index (κ1) is 24.9. The zero-order valence-electron chi connectivity index (χ0n) is 19.9. The summed E-state index contributed by atoms with van der Waals surface area (Å²) in [5, 5.41) is 11.7. The summed E-state index contributed by atoms with van der Waals surface area (Å²) in [5.74, 6) is -0.971. The van der Waals surface area contributed by atoms with E-state index in [0.29, 0.717) is 29.1 Å². The van der Waals surface area contributed by atoms with Crippen LogP contribution in [0.25, 0.3) is 0 Å². The van der Waals surface area contributed by atoms with E-state index in [0.717, 1.165) is 51.6 Å². The van der Waals surface area contributed by atoms with Gasteiger partial charge >= 0.3 is 6.09 Å². The molecular formula is C24H35ClFN5O3. The van der Waals surface area contributed by atoms with Crippen molar-refractivity contribution in [2.24, 2.45) is 17.3 Å². The zero-order valence-corrected chi connectivity index (χ0v) is 20.6. The van der Waals surface area contributed by atoms with E-state index in [1.807, 2.05) is 4.90 Å². The van der Waals surface area contributed by atoms with Gasteiger partial charge in [-0.3, -0.25) is 15.6 Å². The van der Waals surface area contributed by atoms with Gasteiger partial charge in [0.2, 0.25) is 5.91 Å². The molecule has 3 aliphatic rings. The fourth-order valence-electron chi connectivity index (χ4n) is 5.77. The molecule has 2 atom stereocenters. The van der Waals surface area contributed by atoms with Crippen LogP contribution >= 0.6 is 11.6 Å². The van der Waals surface area contributed by atoms with Crippen LogP contribution < -0.4 is 21.1 Å². The van der Waals surface area contributed by atoms with Gasteiger partial charge in [-0.15, -0.1) is 0 Å². The van der Waals surface area contributed by atoms with Gasteiger partial charge in [-0.25, -0.2) is 9.18 Å². The largest absolute Gasteiger partial charge is 0.465 e. The smallest absolute Gasteiger partial charge is 0.404 e. The van der Waals surface area contributed by atoms with E-state index >= 15 is 4.39 Å². The van der Waals surface area contributed by atoms with Gasteiger partial charge in [0.05, 0.1) is 17.3 Å². The monoisotopic (exact) mass is 495 g/mol. The number of carbonyl (C=O) groups is 2. The van der Waals surface area contributed by atoms with Gasteiger partial charge in [0.1, 0.15) is 0 Å². The highest BCUT2D eigenvalue weighted by Gasteiger charge is 2.56. The molecule has 1 unspecified atom stereocenters. The predicted molar refractivity (Wildman–Crippen MR) is 131 cm³/mol. The lowest BCUT2D eigenvalue weighted by Gasteiger charge is -2.25. The van der Waals surface area contributed by atoms with Gasteiger partial charge < -0.3 is 20.2 Å². The van der Waals surface area contributed by atoms with Gasteiger partial charge in [-0.05, 0) is 51.4 Å². The number of rotatable bonds is 9. The maximum atomic E-state index is 15.5. The number of likely N-dealkylation sites (N-methyl/N-ethyl adjacent to an activating group) is 1. The Morgan fingerprint density at radius 3 is 2.59 bits per heavy atom. The van der Waals surface area contributed by atoms with Gasteiger partial charge in [-0.2, -0.15) is 0 Å². The average Bonchev–Trinajstić information content (AvgIpc) is 3.18. The minimum Gasteiger partial charge on any atom is -0.465 e. The van der Waals surface area contributed by atoms with Crippen molar-refractivity contribution in [3.8, 4) is 0 Å². The maximum absolute atomic E-state index is 15.5. The molecule has 3 fully saturated rings. The molecule has 4 rings (SSSR count). The van der Waals surface area contributed by atoms with Gasteiger partial charge in [-0.1, -0.05) is 37.3 Å². The zero-order chi connectivity index (χ0) is 24.5. The van der Waals surface area contributed by atoms with Gasteiger partial charge in [0.15, 0.2) is 5.82 Å². The third kappa shape index (κ3) is 5.51. The van der Waals surface area contributed by atoms with Crippen LogP contribution in [0.15, 0.2) is 12.1 Å². The van der Waals surface area contributed by atoms with Crippen molar-refractivity contribution in [1.29, 1.82) is 0 Å². The highest BCUT2D eigenvalue weighted by atomic mass is 35.5.